The predicted octanol–water partition coefficient (Wildman–Crippen LogP) is 3.80. The van der Waals surface area contributed by atoms with Crippen molar-refractivity contribution in [2.45, 2.75) is 25.9 Å². The van der Waals surface area contributed by atoms with Crippen molar-refractivity contribution in [3.63, 3.8) is 0 Å². The van der Waals surface area contributed by atoms with Crippen LogP contribution in [0.4, 0.5) is 5.82 Å². The number of aromatic nitrogens is 2. The first-order valence-corrected chi connectivity index (χ1v) is 9.77. The lowest BCUT2D eigenvalue weighted by molar-refractivity contribution is -0.132. The largest absolute Gasteiger partial charge is 0.478 e. The molecule has 2 N–H and O–H groups in total. The Morgan fingerprint density at radius 1 is 1.21 bits per heavy atom. The number of likely N-dealkylation sites (tertiary alicyclic amines) is 1. The molecule has 1 aliphatic rings. The number of benzene rings is 2. The molecule has 6 heteroatoms. The average Bonchev–Trinajstić information content (AvgIpc) is 3.16. The molecule has 0 amide bonds. The van der Waals surface area contributed by atoms with E-state index in [4.69, 9.17) is 5.11 Å². The second-order valence-corrected chi connectivity index (χ2v) is 7.46. The normalized spacial score (nSPS) is 17.6. The maximum Gasteiger partial charge on any atom is 0.331 e. The Morgan fingerprint density at radius 3 is 2.83 bits per heavy atom. The summed E-state index contributed by atoms with van der Waals surface area (Å²) in [5.41, 5.74) is 2.13. The van der Waals surface area contributed by atoms with Crippen molar-refractivity contribution in [1.29, 1.82) is 0 Å². The van der Waals surface area contributed by atoms with Gasteiger partial charge in [-0.15, -0.1) is 0 Å². The summed E-state index contributed by atoms with van der Waals surface area (Å²) in [6.07, 6.45) is 5.82. The number of aliphatic carboxylic acids is 1. The molecule has 2 heterocycles. The van der Waals surface area contributed by atoms with E-state index in [1.165, 1.54) is 22.4 Å². The van der Waals surface area contributed by atoms with E-state index in [0.717, 1.165) is 26.1 Å². The molecule has 3 aromatic rings. The zero-order chi connectivity index (χ0) is 20.2. The van der Waals surface area contributed by atoms with Crippen LogP contribution in [0.5, 0.6) is 0 Å². The van der Waals surface area contributed by atoms with Crippen LogP contribution in [0.25, 0.3) is 16.8 Å². The number of anilines is 1. The Kier molecular flexibility index (Phi) is 5.53. The second kappa shape index (κ2) is 8.41. The summed E-state index contributed by atoms with van der Waals surface area (Å²) in [4.78, 5) is 22.0. The lowest BCUT2D eigenvalue weighted by Gasteiger charge is -2.18. The van der Waals surface area contributed by atoms with Crippen molar-refractivity contribution in [1.82, 2.24) is 14.9 Å². The molecule has 1 saturated heterocycles. The van der Waals surface area contributed by atoms with Crippen LogP contribution >= 0.6 is 0 Å². The van der Waals surface area contributed by atoms with Crippen molar-refractivity contribution >= 4 is 28.6 Å². The Bertz CT molecular complexity index is 1040. The molecule has 0 spiro atoms. The average molecular weight is 388 g/mol. The summed E-state index contributed by atoms with van der Waals surface area (Å²) < 4.78 is 0. The molecule has 6 nitrogen and oxygen atoms in total. The topological polar surface area (TPSA) is 78.4 Å². The molecule has 1 aromatic heterocycles. The fourth-order valence-corrected chi connectivity index (χ4v) is 3.75. The summed E-state index contributed by atoms with van der Waals surface area (Å²) in [5, 5.41) is 15.0. The molecule has 1 atom stereocenters. The van der Waals surface area contributed by atoms with Gasteiger partial charge in [0.05, 0.1) is 18.1 Å². The molecule has 2 aromatic carbocycles. The van der Waals surface area contributed by atoms with Gasteiger partial charge in [-0.05, 0) is 35.8 Å². The monoisotopic (exact) mass is 388 g/mol. The van der Waals surface area contributed by atoms with Gasteiger partial charge in [0.2, 0.25) is 0 Å². The zero-order valence-electron chi connectivity index (χ0n) is 16.4. The first-order chi connectivity index (χ1) is 14.1. The third-order valence-electron chi connectivity index (χ3n) is 5.27. The van der Waals surface area contributed by atoms with Gasteiger partial charge < -0.3 is 10.4 Å². The standard InChI is InChI=1S/C23H24N4O2/c1-16(23(28)29)11-20-12-25-22(13-24-20)26-19-9-10-27(15-19)14-18-7-4-6-17-5-2-3-8-21(17)18/h2-8,11-13,19H,9-10,14-15H2,1H3,(H,25,26)(H,28,29)/t19-/m1/s1. The highest BCUT2D eigenvalue weighted by Crippen LogP contribution is 2.22. The molecule has 0 aliphatic carbocycles. The van der Waals surface area contributed by atoms with Crippen LogP contribution in [0.15, 0.2) is 60.4 Å². The van der Waals surface area contributed by atoms with Crippen LogP contribution < -0.4 is 5.32 Å². The van der Waals surface area contributed by atoms with E-state index in [1.54, 1.807) is 19.3 Å². The van der Waals surface area contributed by atoms with Crippen molar-refractivity contribution in [2.24, 2.45) is 0 Å². The maximum absolute atomic E-state index is 10.9. The molecular weight excluding hydrogens is 364 g/mol. The first-order valence-electron chi connectivity index (χ1n) is 9.77. The van der Waals surface area contributed by atoms with E-state index in [2.05, 4.69) is 62.6 Å². The van der Waals surface area contributed by atoms with E-state index < -0.39 is 5.97 Å². The summed E-state index contributed by atoms with van der Waals surface area (Å²) in [6, 6.07) is 15.3. The van der Waals surface area contributed by atoms with Crippen molar-refractivity contribution in [3.8, 4) is 0 Å². The molecule has 0 radical (unpaired) electrons. The maximum atomic E-state index is 10.9. The highest BCUT2D eigenvalue weighted by Gasteiger charge is 2.23. The molecule has 148 valence electrons. The number of hydrogen-bond acceptors (Lipinski definition) is 5. The number of carboxylic acid groups (broad SMARTS) is 1. The summed E-state index contributed by atoms with van der Waals surface area (Å²) in [6.45, 7) is 4.46. The van der Waals surface area contributed by atoms with Gasteiger partial charge in [-0.1, -0.05) is 42.5 Å². The number of hydrogen-bond donors (Lipinski definition) is 2. The van der Waals surface area contributed by atoms with Crippen LogP contribution in [0.2, 0.25) is 0 Å². The van der Waals surface area contributed by atoms with Crippen molar-refractivity contribution in [3.05, 3.63) is 71.7 Å². The number of nitrogens with zero attached hydrogens (tertiary/aromatic N) is 3. The molecule has 4 rings (SSSR count). The van der Waals surface area contributed by atoms with Gasteiger partial charge in [-0.2, -0.15) is 0 Å². The van der Waals surface area contributed by atoms with Crippen molar-refractivity contribution < 1.29 is 9.90 Å². The van der Waals surface area contributed by atoms with E-state index in [-0.39, 0.29) is 5.57 Å². The van der Waals surface area contributed by atoms with Gasteiger partial charge in [-0.3, -0.25) is 9.88 Å². The number of carboxylic acids is 1. The fourth-order valence-electron chi connectivity index (χ4n) is 3.75. The smallest absolute Gasteiger partial charge is 0.331 e. The van der Waals surface area contributed by atoms with Crippen LogP contribution in [-0.4, -0.2) is 45.1 Å². The predicted molar refractivity (Wildman–Crippen MR) is 115 cm³/mol. The van der Waals surface area contributed by atoms with E-state index in [9.17, 15) is 4.79 Å². The Morgan fingerprint density at radius 2 is 2.03 bits per heavy atom. The quantitative estimate of drug-likeness (QED) is 0.626. The molecule has 0 saturated carbocycles. The fraction of sp³-hybridized carbons (Fsp3) is 0.261. The van der Waals surface area contributed by atoms with Gasteiger partial charge in [0, 0.05) is 31.2 Å². The number of rotatable bonds is 6. The molecule has 1 aliphatic heterocycles. The third kappa shape index (κ3) is 4.60. The van der Waals surface area contributed by atoms with Crippen LogP contribution in [0, 0.1) is 0 Å². The summed E-state index contributed by atoms with van der Waals surface area (Å²) in [5.74, 6) is -0.238. The van der Waals surface area contributed by atoms with Gasteiger partial charge in [0.25, 0.3) is 0 Å². The first kappa shape index (κ1) is 19.1. The molecule has 0 bridgehead atoms. The third-order valence-corrected chi connectivity index (χ3v) is 5.27. The van der Waals surface area contributed by atoms with E-state index in [1.807, 2.05) is 0 Å². The van der Waals surface area contributed by atoms with E-state index in [0.29, 0.717) is 17.6 Å². The molecular formula is C23H24N4O2. The summed E-state index contributed by atoms with van der Waals surface area (Å²) in [7, 11) is 0. The van der Waals surface area contributed by atoms with Crippen LogP contribution in [0.1, 0.15) is 24.6 Å². The van der Waals surface area contributed by atoms with Crippen LogP contribution in [-0.2, 0) is 11.3 Å². The second-order valence-electron chi connectivity index (χ2n) is 7.46. The SMILES string of the molecule is CC(=Cc1cnc(N[C@@H]2CCN(Cc3cccc4ccccc34)C2)cn1)C(=O)O. The Hall–Kier alpha value is -3.25. The lowest BCUT2D eigenvalue weighted by Crippen LogP contribution is -2.26. The van der Waals surface area contributed by atoms with Gasteiger partial charge in [0.1, 0.15) is 5.82 Å². The highest BCUT2D eigenvalue weighted by atomic mass is 16.4. The summed E-state index contributed by atoms with van der Waals surface area (Å²) >= 11 is 0. The molecule has 0 unspecified atom stereocenters. The van der Waals surface area contributed by atoms with Crippen LogP contribution in [0.3, 0.4) is 0 Å². The number of nitrogens with one attached hydrogen (secondary N) is 1. The Labute approximate surface area is 169 Å². The minimum absolute atomic E-state index is 0.236. The number of fused-ring (bicyclic) bond motifs is 1. The van der Waals surface area contributed by atoms with Gasteiger partial charge >= 0.3 is 5.97 Å². The molecule has 29 heavy (non-hydrogen) atoms. The molecule has 1 fully saturated rings. The van der Waals surface area contributed by atoms with E-state index >= 15 is 0 Å². The highest BCUT2D eigenvalue weighted by molar-refractivity contribution is 5.91. The minimum Gasteiger partial charge on any atom is -0.478 e. The van der Waals surface area contributed by atoms with Crippen molar-refractivity contribution in [2.75, 3.05) is 18.4 Å². The minimum atomic E-state index is -0.953. The Balaban J connectivity index is 1.36. The number of carbonyl (C=O) groups is 1. The van der Waals surface area contributed by atoms with Gasteiger partial charge in [-0.25, -0.2) is 9.78 Å². The zero-order valence-corrected chi connectivity index (χ0v) is 16.4. The van der Waals surface area contributed by atoms with Gasteiger partial charge in [0.15, 0.2) is 0 Å². The lowest BCUT2D eigenvalue weighted by atomic mass is 10.0.